The SMILES string of the molecule is COc1cc(C=O)cc2c1c(COC(=O)NC(=O)OCC1c3ccccc3-c3ccccc31)c1n2C[C@H]2[C@@H]1N2[Si](c1ccccc1)(c1ccccc1)C(C)(C)C. The molecule has 1 unspecified atom stereocenters. The summed E-state index contributed by atoms with van der Waals surface area (Å²) in [6.45, 7) is 7.70. The maximum atomic E-state index is 13.3. The first kappa shape index (κ1) is 35.7. The molecular formula is C46H43N3O6Si. The average Bonchev–Trinajstić information content (AvgIpc) is 3.46. The highest BCUT2D eigenvalue weighted by Crippen LogP contribution is 2.60. The third-order valence-corrected chi connectivity index (χ3v) is 17.9. The first-order valence-corrected chi connectivity index (χ1v) is 21.0. The van der Waals surface area contributed by atoms with Crippen LogP contribution in [0.3, 0.4) is 0 Å². The molecule has 9 rings (SSSR count). The lowest BCUT2D eigenvalue weighted by molar-refractivity contribution is 0.112. The molecule has 5 aromatic carbocycles. The van der Waals surface area contributed by atoms with Gasteiger partial charge in [0.25, 0.3) is 0 Å². The van der Waals surface area contributed by atoms with E-state index in [2.05, 4.69) is 108 Å². The van der Waals surface area contributed by atoms with Gasteiger partial charge in [0.15, 0.2) is 8.24 Å². The quantitative estimate of drug-likeness (QED) is 0.0908. The van der Waals surface area contributed by atoms with E-state index in [-0.39, 0.29) is 36.3 Å². The predicted molar refractivity (Wildman–Crippen MR) is 218 cm³/mol. The Kier molecular flexibility index (Phi) is 8.70. The van der Waals surface area contributed by atoms with Gasteiger partial charge >= 0.3 is 12.2 Å². The van der Waals surface area contributed by atoms with Crippen molar-refractivity contribution in [3.8, 4) is 16.9 Å². The fourth-order valence-electron chi connectivity index (χ4n) is 9.86. The molecule has 2 aliphatic heterocycles. The number of nitrogens with zero attached hydrogens (tertiary/aromatic N) is 2. The van der Waals surface area contributed by atoms with E-state index in [1.165, 1.54) is 10.4 Å². The van der Waals surface area contributed by atoms with Crippen molar-refractivity contribution >= 4 is 48.0 Å². The zero-order valence-corrected chi connectivity index (χ0v) is 32.8. The first-order chi connectivity index (χ1) is 27.2. The molecule has 0 saturated carbocycles. The number of alkyl carbamates (subject to hydrolysis) is 2. The molecule has 56 heavy (non-hydrogen) atoms. The normalized spacial score (nSPS) is 18.0. The molecule has 6 aromatic rings. The number of fused-ring (bicyclic) bond motifs is 8. The summed E-state index contributed by atoms with van der Waals surface area (Å²) in [7, 11) is -1.09. The van der Waals surface area contributed by atoms with Gasteiger partial charge in [0.2, 0.25) is 0 Å². The Hall–Kier alpha value is -5.97. The second-order valence-corrected chi connectivity index (χ2v) is 20.4. The Morgan fingerprint density at radius 3 is 1.95 bits per heavy atom. The van der Waals surface area contributed by atoms with E-state index in [9.17, 15) is 14.4 Å². The van der Waals surface area contributed by atoms with Gasteiger partial charge in [-0.3, -0.25) is 4.79 Å². The van der Waals surface area contributed by atoms with E-state index in [0.29, 0.717) is 17.9 Å². The van der Waals surface area contributed by atoms with Crippen molar-refractivity contribution in [2.45, 2.75) is 57.0 Å². The maximum absolute atomic E-state index is 13.3. The Labute approximate surface area is 326 Å². The molecule has 0 bridgehead atoms. The minimum absolute atomic E-state index is 0.0295. The summed E-state index contributed by atoms with van der Waals surface area (Å²) in [4.78, 5) is 38.5. The van der Waals surface area contributed by atoms with Gasteiger partial charge in [0.1, 0.15) is 25.2 Å². The number of rotatable bonds is 9. The van der Waals surface area contributed by atoms with E-state index in [1.54, 1.807) is 13.2 Å². The highest BCUT2D eigenvalue weighted by molar-refractivity contribution is 7.02. The number of methoxy groups -OCH3 is 1. The van der Waals surface area contributed by atoms with E-state index < -0.39 is 20.4 Å². The summed E-state index contributed by atoms with van der Waals surface area (Å²) in [5, 5.41) is 5.62. The summed E-state index contributed by atoms with van der Waals surface area (Å²) >= 11 is 0. The number of aldehydes is 1. The third-order valence-electron chi connectivity index (χ3n) is 12.0. The Balaban J connectivity index is 1.02. The minimum atomic E-state index is -2.67. The van der Waals surface area contributed by atoms with Crippen LogP contribution in [-0.4, -0.2) is 55.6 Å². The predicted octanol–water partition coefficient (Wildman–Crippen LogP) is 7.94. The Bertz CT molecular complexity index is 2430. The average molecular weight is 762 g/mol. The molecule has 9 nitrogen and oxygen atoms in total. The first-order valence-electron chi connectivity index (χ1n) is 19.0. The van der Waals surface area contributed by atoms with Gasteiger partial charge in [0, 0.05) is 40.7 Å². The summed E-state index contributed by atoms with van der Waals surface area (Å²) in [5.74, 6) is 0.379. The van der Waals surface area contributed by atoms with Crippen LogP contribution in [-0.2, 0) is 22.6 Å². The lowest BCUT2D eigenvalue weighted by Gasteiger charge is -2.46. The zero-order chi connectivity index (χ0) is 38.8. The molecule has 0 radical (unpaired) electrons. The van der Waals surface area contributed by atoms with Gasteiger partial charge in [0.05, 0.1) is 18.7 Å². The van der Waals surface area contributed by atoms with E-state index in [0.717, 1.165) is 50.7 Å². The van der Waals surface area contributed by atoms with Gasteiger partial charge in [-0.1, -0.05) is 130 Å². The Morgan fingerprint density at radius 1 is 0.804 bits per heavy atom. The minimum Gasteiger partial charge on any atom is -0.496 e. The fourth-order valence-corrected chi connectivity index (χ4v) is 16.0. The highest BCUT2D eigenvalue weighted by atomic mass is 28.3. The van der Waals surface area contributed by atoms with Gasteiger partial charge in [-0.2, -0.15) is 0 Å². The molecule has 282 valence electrons. The van der Waals surface area contributed by atoms with Crippen LogP contribution in [0.15, 0.2) is 121 Å². The van der Waals surface area contributed by atoms with Crippen LogP contribution < -0.4 is 20.4 Å². The van der Waals surface area contributed by atoms with Crippen molar-refractivity contribution in [2.24, 2.45) is 0 Å². The summed E-state index contributed by atoms with van der Waals surface area (Å²) in [5.41, 5.74) is 7.58. The standard InChI is InChI=1S/C46H43N3O6Si/c1-46(2,3)56(30-15-7-5-8-16-30,31-17-9-6-10-18-31)49-39-25-48-38-23-29(26-50)24-40(53-4)41(38)37(42(48)43(39)49)28-55-45(52)47-44(51)54-27-36-34-21-13-11-19-32(34)33-20-12-14-22-35(33)36/h5-24,26,36,39,43H,25,27-28H2,1-4H3,(H,47,51,52)/t39-,43-,49?/m0/s1. The van der Waals surface area contributed by atoms with Crippen LogP contribution in [0.4, 0.5) is 9.59 Å². The molecule has 0 spiro atoms. The number of hydrogen-bond acceptors (Lipinski definition) is 7. The number of aromatic nitrogens is 1. The lowest BCUT2D eigenvalue weighted by Crippen LogP contribution is -2.70. The van der Waals surface area contributed by atoms with Crippen LogP contribution in [0.2, 0.25) is 5.04 Å². The molecule has 1 saturated heterocycles. The smallest absolute Gasteiger partial charge is 0.416 e. The summed E-state index contributed by atoms with van der Waals surface area (Å²) in [6.07, 6.45) is -0.963. The molecule has 1 N–H and O–H groups in total. The molecule has 1 aliphatic carbocycles. The van der Waals surface area contributed by atoms with E-state index in [4.69, 9.17) is 14.2 Å². The van der Waals surface area contributed by atoms with Crippen molar-refractivity contribution in [1.82, 2.24) is 14.4 Å². The largest absolute Gasteiger partial charge is 0.496 e. The number of benzene rings is 5. The highest BCUT2D eigenvalue weighted by Gasteiger charge is 2.69. The molecule has 10 heteroatoms. The maximum Gasteiger partial charge on any atom is 0.416 e. The molecular weight excluding hydrogens is 719 g/mol. The summed E-state index contributed by atoms with van der Waals surface area (Å²) < 4.78 is 22.4. The van der Waals surface area contributed by atoms with Crippen molar-refractivity contribution < 1.29 is 28.6 Å². The lowest BCUT2D eigenvalue weighted by atomic mass is 9.98. The molecule has 3 aliphatic rings. The van der Waals surface area contributed by atoms with E-state index >= 15 is 0 Å². The van der Waals surface area contributed by atoms with Crippen LogP contribution in [0, 0.1) is 0 Å². The number of imide groups is 1. The number of amides is 2. The van der Waals surface area contributed by atoms with Gasteiger partial charge < -0.3 is 23.3 Å². The number of carbonyl (C=O) groups is 3. The fraction of sp³-hybridized carbons (Fsp3) is 0.239. The molecule has 1 fully saturated rings. The van der Waals surface area contributed by atoms with Gasteiger partial charge in [-0.25, -0.2) is 14.9 Å². The van der Waals surface area contributed by atoms with Crippen LogP contribution in [0.1, 0.15) is 65.5 Å². The Morgan fingerprint density at radius 2 is 1.38 bits per heavy atom. The second-order valence-electron chi connectivity index (χ2n) is 15.8. The number of ether oxygens (including phenoxy) is 3. The molecule has 3 atom stereocenters. The van der Waals surface area contributed by atoms with Crippen molar-refractivity contribution in [2.75, 3.05) is 13.7 Å². The van der Waals surface area contributed by atoms with E-state index in [1.807, 2.05) is 42.5 Å². The van der Waals surface area contributed by atoms with Crippen molar-refractivity contribution in [1.29, 1.82) is 0 Å². The van der Waals surface area contributed by atoms with Crippen LogP contribution in [0.25, 0.3) is 22.0 Å². The molecule has 2 amide bonds. The van der Waals surface area contributed by atoms with Crippen molar-refractivity contribution in [3.63, 3.8) is 0 Å². The van der Waals surface area contributed by atoms with Crippen molar-refractivity contribution in [3.05, 3.63) is 149 Å². The molecule has 3 heterocycles. The summed E-state index contributed by atoms with van der Waals surface area (Å²) in [6, 6.07) is 41.7. The molecule has 1 aromatic heterocycles. The number of hydrogen-bond donors (Lipinski definition) is 1. The number of nitrogens with one attached hydrogen (secondary N) is 1. The van der Waals surface area contributed by atoms with Crippen LogP contribution in [0.5, 0.6) is 5.75 Å². The monoisotopic (exact) mass is 761 g/mol. The van der Waals surface area contributed by atoms with Gasteiger partial charge in [-0.05, 0) is 49.8 Å². The van der Waals surface area contributed by atoms with Crippen LogP contribution >= 0.6 is 0 Å². The zero-order valence-electron chi connectivity index (χ0n) is 31.8. The second kappa shape index (κ2) is 13.6. The number of carbonyl (C=O) groups excluding carboxylic acids is 3. The van der Waals surface area contributed by atoms with Gasteiger partial charge in [-0.15, -0.1) is 0 Å². The third kappa shape index (κ3) is 5.50. The topological polar surface area (TPSA) is 98.9 Å².